The second-order valence-electron chi connectivity index (χ2n) is 3.95. The minimum atomic E-state index is -4.73. The van der Waals surface area contributed by atoms with E-state index in [9.17, 15) is 22.0 Å². The maximum absolute atomic E-state index is 12.6. The van der Waals surface area contributed by atoms with Gasteiger partial charge in [0.05, 0.1) is 0 Å². The van der Waals surface area contributed by atoms with Crippen molar-refractivity contribution in [2.24, 2.45) is 0 Å². The zero-order valence-corrected chi connectivity index (χ0v) is 8.84. The van der Waals surface area contributed by atoms with Crippen LogP contribution in [0.15, 0.2) is 6.20 Å². The number of hydrogen-bond acceptors (Lipinski definition) is 4. The topological polar surface area (TPSA) is 61.0 Å². The number of aromatic nitrogens is 2. The first-order valence-corrected chi connectivity index (χ1v) is 4.91. The first kappa shape index (κ1) is 12.8. The summed E-state index contributed by atoms with van der Waals surface area (Å²) in [4.78, 5) is 6.49. The molecule has 1 saturated carbocycles. The van der Waals surface area contributed by atoms with Crippen LogP contribution in [0.25, 0.3) is 0 Å². The van der Waals surface area contributed by atoms with E-state index in [0.29, 0.717) is 6.20 Å². The summed E-state index contributed by atoms with van der Waals surface area (Å²) < 4.78 is 67.6. The van der Waals surface area contributed by atoms with E-state index in [0.717, 1.165) is 0 Å². The predicted octanol–water partition coefficient (Wildman–Crippen LogP) is 2.25. The summed E-state index contributed by atoms with van der Waals surface area (Å²) in [5.74, 6) is -4.11. The lowest BCUT2D eigenvalue weighted by Gasteiger charge is -2.34. The summed E-state index contributed by atoms with van der Waals surface area (Å²) >= 11 is 0. The van der Waals surface area contributed by atoms with Crippen LogP contribution in [0.3, 0.4) is 0 Å². The van der Waals surface area contributed by atoms with Crippen LogP contribution in [0.5, 0.6) is 5.88 Å². The number of nitrogen functional groups attached to an aromatic ring is 1. The molecule has 18 heavy (non-hydrogen) atoms. The third-order valence-electron chi connectivity index (χ3n) is 2.41. The van der Waals surface area contributed by atoms with E-state index in [1.807, 2.05) is 0 Å². The van der Waals surface area contributed by atoms with Crippen molar-refractivity contribution >= 4 is 5.95 Å². The zero-order valence-electron chi connectivity index (χ0n) is 8.84. The maximum atomic E-state index is 12.6. The maximum Gasteiger partial charge on any atom is 0.423 e. The molecular weight excluding hydrogens is 261 g/mol. The van der Waals surface area contributed by atoms with Gasteiger partial charge in [0.25, 0.3) is 5.92 Å². The molecule has 1 aromatic heterocycles. The van der Waals surface area contributed by atoms with Gasteiger partial charge in [-0.2, -0.15) is 18.2 Å². The summed E-state index contributed by atoms with van der Waals surface area (Å²) in [7, 11) is 0. The Balaban J connectivity index is 2.19. The van der Waals surface area contributed by atoms with Crippen LogP contribution in [0.2, 0.25) is 0 Å². The van der Waals surface area contributed by atoms with Gasteiger partial charge >= 0.3 is 6.18 Å². The largest absolute Gasteiger partial charge is 0.473 e. The first-order chi connectivity index (χ1) is 8.17. The van der Waals surface area contributed by atoms with Crippen LogP contribution in [0, 0.1) is 0 Å². The Hall–Kier alpha value is -1.67. The molecule has 0 bridgehead atoms. The average Bonchev–Trinajstić information content (AvgIpc) is 2.12. The number of halogens is 5. The van der Waals surface area contributed by atoms with Gasteiger partial charge in [0.1, 0.15) is 11.7 Å². The minimum Gasteiger partial charge on any atom is -0.473 e. The highest BCUT2D eigenvalue weighted by molar-refractivity contribution is 5.32. The number of ether oxygens (including phenoxy) is 1. The number of rotatable bonds is 2. The van der Waals surface area contributed by atoms with Gasteiger partial charge in [-0.05, 0) is 0 Å². The van der Waals surface area contributed by atoms with Crippen molar-refractivity contribution in [1.29, 1.82) is 0 Å². The van der Waals surface area contributed by atoms with Crippen molar-refractivity contribution in [2.45, 2.75) is 31.0 Å². The molecule has 1 aliphatic carbocycles. The van der Waals surface area contributed by atoms with E-state index in [-0.39, 0.29) is 0 Å². The number of hydrogen-bond donors (Lipinski definition) is 1. The van der Waals surface area contributed by atoms with E-state index >= 15 is 0 Å². The smallest absolute Gasteiger partial charge is 0.423 e. The summed E-state index contributed by atoms with van der Waals surface area (Å²) in [6, 6.07) is 0. The molecule has 0 amide bonds. The van der Waals surface area contributed by atoms with Crippen LogP contribution in [0.4, 0.5) is 27.9 Å². The molecule has 0 saturated heterocycles. The van der Waals surface area contributed by atoms with Crippen LogP contribution < -0.4 is 10.5 Å². The highest BCUT2D eigenvalue weighted by atomic mass is 19.4. The van der Waals surface area contributed by atoms with Crippen LogP contribution in [-0.2, 0) is 6.18 Å². The molecular formula is C9H8F5N3O. The number of nitrogens with two attached hydrogens (primary N) is 1. The molecule has 4 nitrogen and oxygen atoms in total. The summed E-state index contributed by atoms with van der Waals surface area (Å²) in [5, 5.41) is 0. The number of nitrogens with zero attached hydrogens (tertiary/aromatic N) is 2. The molecule has 1 fully saturated rings. The second-order valence-corrected chi connectivity index (χ2v) is 3.95. The molecule has 1 aromatic rings. The molecule has 9 heteroatoms. The lowest BCUT2D eigenvalue weighted by Crippen LogP contribution is -2.43. The van der Waals surface area contributed by atoms with Gasteiger partial charge < -0.3 is 10.5 Å². The summed E-state index contributed by atoms with van der Waals surface area (Å²) in [5.41, 5.74) is 3.91. The number of alkyl halides is 5. The van der Waals surface area contributed by atoms with Gasteiger partial charge in [0.2, 0.25) is 11.8 Å². The fourth-order valence-electron chi connectivity index (χ4n) is 1.51. The fraction of sp³-hybridized carbons (Fsp3) is 0.556. The van der Waals surface area contributed by atoms with Crippen molar-refractivity contribution in [1.82, 2.24) is 9.97 Å². The molecule has 0 aromatic carbocycles. The van der Waals surface area contributed by atoms with Gasteiger partial charge in [-0.15, -0.1) is 0 Å². The van der Waals surface area contributed by atoms with Crippen molar-refractivity contribution < 1.29 is 26.7 Å². The first-order valence-electron chi connectivity index (χ1n) is 4.91. The quantitative estimate of drug-likeness (QED) is 0.836. The van der Waals surface area contributed by atoms with Crippen molar-refractivity contribution in [3.63, 3.8) is 0 Å². The van der Waals surface area contributed by atoms with Gasteiger partial charge in [0.15, 0.2) is 0 Å². The molecule has 1 aliphatic rings. The molecule has 0 unspecified atom stereocenters. The second kappa shape index (κ2) is 3.92. The van der Waals surface area contributed by atoms with Gasteiger partial charge in [-0.3, -0.25) is 0 Å². The Morgan fingerprint density at radius 3 is 2.44 bits per heavy atom. The minimum absolute atomic E-state index is 0.413. The summed E-state index contributed by atoms with van der Waals surface area (Å²) in [6.07, 6.45) is -6.51. The molecule has 2 N–H and O–H groups in total. The Bertz CT molecular complexity index is 454. The van der Waals surface area contributed by atoms with Crippen molar-refractivity contribution in [3.8, 4) is 5.88 Å². The molecule has 0 radical (unpaired) electrons. The molecule has 1 heterocycles. The van der Waals surface area contributed by atoms with Gasteiger partial charge in [-0.1, -0.05) is 0 Å². The van der Waals surface area contributed by atoms with Crippen LogP contribution in [0.1, 0.15) is 18.4 Å². The molecule has 0 aliphatic heterocycles. The van der Waals surface area contributed by atoms with E-state index in [1.165, 1.54) is 0 Å². The Morgan fingerprint density at radius 2 is 1.94 bits per heavy atom. The van der Waals surface area contributed by atoms with Gasteiger partial charge in [0, 0.05) is 19.0 Å². The summed E-state index contributed by atoms with van der Waals surface area (Å²) in [6.45, 7) is 0. The highest BCUT2D eigenvalue weighted by Gasteiger charge is 2.48. The monoisotopic (exact) mass is 269 g/mol. The standard InChI is InChI=1S/C9H8F5N3O/c10-8(11)1-4(2-8)18-6-5(9(12,13)14)3-16-7(15)17-6/h3-4H,1-2H2,(H2,15,16,17). The highest BCUT2D eigenvalue weighted by Crippen LogP contribution is 2.42. The molecule has 0 spiro atoms. The normalized spacial score (nSPS) is 19.4. The zero-order chi connectivity index (χ0) is 13.6. The van der Waals surface area contributed by atoms with Crippen LogP contribution >= 0.6 is 0 Å². The lowest BCUT2D eigenvalue weighted by molar-refractivity contribution is -0.149. The Labute approximate surface area is 98.0 Å². The average molecular weight is 269 g/mol. The van der Waals surface area contributed by atoms with Crippen LogP contribution in [-0.4, -0.2) is 22.0 Å². The molecule has 2 rings (SSSR count). The van der Waals surface area contributed by atoms with E-state index in [2.05, 4.69) is 9.97 Å². The lowest BCUT2D eigenvalue weighted by atomic mass is 9.91. The van der Waals surface area contributed by atoms with Crippen molar-refractivity contribution in [2.75, 3.05) is 5.73 Å². The number of anilines is 1. The third-order valence-corrected chi connectivity index (χ3v) is 2.41. The SMILES string of the molecule is Nc1ncc(C(F)(F)F)c(OC2CC(F)(F)C2)n1. The van der Waals surface area contributed by atoms with Gasteiger partial charge in [-0.25, -0.2) is 13.8 Å². The fourth-order valence-corrected chi connectivity index (χ4v) is 1.51. The van der Waals surface area contributed by atoms with E-state index in [4.69, 9.17) is 10.5 Å². The van der Waals surface area contributed by atoms with E-state index in [1.54, 1.807) is 0 Å². The third kappa shape index (κ3) is 2.59. The van der Waals surface area contributed by atoms with E-state index < -0.39 is 48.4 Å². The molecule has 0 atom stereocenters. The predicted molar refractivity (Wildman–Crippen MR) is 50.0 cm³/mol. The Morgan fingerprint density at radius 1 is 1.33 bits per heavy atom. The molecule has 100 valence electrons. The van der Waals surface area contributed by atoms with Crippen molar-refractivity contribution in [3.05, 3.63) is 11.8 Å². The Kier molecular flexibility index (Phi) is 2.78.